The number of rotatable bonds is 5. The highest BCUT2D eigenvalue weighted by molar-refractivity contribution is 8.00. The Bertz CT molecular complexity index is 1110. The molecule has 32 heavy (non-hydrogen) atoms. The lowest BCUT2D eigenvalue weighted by Gasteiger charge is -2.26. The van der Waals surface area contributed by atoms with Crippen LogP contribution in [0.15, 0.2) is 78.9 Å². The zero-order valence-corrected chi connectivity index (χ0v) is 18.7. The van der Waals surface area contributed by atoms with E-state index in [0.717, 1.165) is 30.4 Å². The van der Waals surface area contributed by atoms with E-state index in [-0.39, 0.29) is 23.2 Å². The molecule has 1 N–H and O–H groups in total. The van der Waals surface area contributed by atoms with Crippen LogP contribution in [0.1, 0.15) is 56.9 Å². The summed E-state index contributed by atoms with van der Waals surface area (Å²) in [5.74, 6) is 0.595. The maximum absolute atomic E-state index is 12.9. The molecular formula is C27H26N2O2S. The molecule has 5 heteroatoms. The predicted octanol–water partition coefficient (Wildman–Crippen LogP) is 5.27. The summed E-state index contributed by atoms with van der Waals surface area (Å²) in [6, 6.07) is 26.2. The van der Waals surface area contributed by atoms with Crippen molar-refractivity contribution in [2.24, 2.45) is 0 Å². The Kier molecular flexibility index (Phi) is 5.99. The van der Waals surface area contributed by atoms with Crippen LogP contribution in [0.5, 0.6) is 0 Å². The first-order chi connectivity index (χ1) is 15.7. The molecule has 2 aliphatic rings. The molecule has 1 aliphatic heterocycles. The second-order valence-corrected chi connectivity index (χ2v) is 9.48. The van der Waals surface area contributed by atoms with Crippen LogP contribution in [-0.2, 0) is 17.8 Å². The molecule has 0 saturated carbocycles. The second kappa shape index (κ2) is 9.21. The van der Waals surface area contributed by atoms with Gasteiger partial charge in [0.15, 0.2) is 0 Å². The van der Waals surface area contributed by atoms with Crippen molar-refractivity contribution in [1.82, 2.24) is 10.2 Å². The Morgan fingerprint density at radius 1 is 0.969 bits per heavy atom. The van der Waals surface area contributed by atoms with Crippen molar-refractivity contribution in [2.45, 2.75) is 37.2 Å². The van der Waals surface area contributed by atoms with Gasteiger partial charge in [0, 0.05) is 12.1 Å². The van der Waals surface area contributed by atoms with Crippen LogP contribution in [0.3, 0.4) is 0 Å². The number of fused-ring (bicyclic) bond motifs is 1. The number of carbonyl (C=O) groups is 2. The summed E-state index contributed by atoms with van der Waals surface area (Å²) in [6.07, 6.45) is 3.13. The van der Waals surface area contributed by atoms with Crippen molar-refractivity contribution in [3.63, 3.8) is 0 Å². The third-order valence-electron chi connectivity index (χ3n) is 6.30. The molecular weight excluding hydrogens is 416 g/mol. The number of hydrogen-bond acceptors (Lipinski definition) is 3. The normalized spacial score (nSPS) is 20.1. The third kappa shape index (κ3) is 4.30. The first-order valence-electron chi connectivity index (χ1n) is 11.1. The first kappa shape index (κ1) is 20.8. The maximum atomic E-state index is 12.9. The minimum absolute atomic E-state index is 0.0231. The monoisotopic (exact) mass is 442 g/mol. The van der Waals surface area contributed by atoms with E-state index in [4.69, 9.17) is 0 Å². The Balaban J connectivity index is 1.29. The summed E-state index contributed by atoms with van der Waals surface area (Å²) in [4.78, 5) is 27.4. The van der Waals surface area contributed by atoms with Crippen LogP contribution in [0.2, 0.25) is 0 Å². The van der Waals surface area contributed by atoms with Gasteiger partial charge in [-0.3, -0.25) is 9.59 Å². The van der Waals surface area contributed by atoms with E-state index < -0.39 is 0 Å². The lowest BCUT2D eigenvalue weighted by Crippen LogP contribution is -2.31. The van der Waals surface area contributed by atoms with Crippen molar-refractivity contribution in [3.8, 4) is 0 Å². The number of nitrogens with one attached hydrogen (secondary N) is 1. The van der Waals surface area contributed by atoms with Gasteiger partial charge >= 0.3 is 0 Å². The van der Waals surface area contributed by atoms with Crippen molar-refractivity contribution >= 4 is 23.6 Å². The van der Waals surface area contributed by atoms with E-state index in [0.29, 0.717) is 17.9 Å². The standard InChI is InChI=1S/C27H26N2O2S/c30-25-18-32-27(29(25)17-19-7-2-1-3-8-19)22-15-13-21(14-16-22)26(31)28-24-12-6-10-20-9-4-5-11-23(20)24/h1-5,7-9,11,13-16,24,27H,6,10,12,17-18H2,(H,28,31)/t24-,27+/m0/s1. The van der Waals surface area contributed by atoms with Gasteiger partial charge in [0.25, 0.3) is 5.91 Å². The molecule has 0 spiro atoms. The van der Waals surface area contributed by atoms with Crippen LogP contribution >= 0.6 is 11.8 Å². The number of thioether (sulfide) groups is 1. The lowest BCUT2D eigenvalue weighted by molar-refractivity contribution is -0.128. The average molecular weight is 443 g/mol. The van der Waals surface area contributed by atoms with Gasteiger partial charge in [-0.2, -0.15) is 0 Å². The number of hydrogen-bond donors (Lipinski definition) is 1. The van der Waals surface area contributed by atoms with Crippen LogP contribution < -0.4 is 5.32 Å². The van der Waals surface area contributed by atoms with E-state index >= 15 is 0 Å². The largest absolute Gasteiger partial charge is 0.345 e. The number of aryl methyl sites for hydroxylation is 1. The average Bonchev–Trinajstić information content (AvgIpc) is 3.20. The molecule has 0 aromatic heterocycles. The predicted molar refractivity (Wildman–Crippen MR) is 128 cm³/mol. The van der Waals surface area contributed by atoms with Gasteiger partial charge in [-0.1, -0.05) is 66.7 Å². The molecule has 1 heterocycles. The van der Waals surface area contributed by atoms with Gasteiger partial charge in [-0.25, -0.2) is 0 Å². The molecule has 2 atom stereocenters. The molecule has 1 aliphatic carbocycles. The van der Waals surface area contributed by atoms with Crippen molar-refractivity contribution in [2.75, 3.05) is 5.75 Å². The summed E-state index contributed by atoms with van der Waals surface area (Å²) >= 11 is 1.64. The summed E-state index contributed by atoms with van der Waals surface area (Å²) in [5.41, 5.74) is 5.40. The first-order valence-corrected chi connectivity index (χ1v) is 12.2. The Morgan fingerprint density at radius 2 is 1.72 bits per heavy atom. The molecule has 4 nitrogen and oxygen atoms in total. The van der Waals surface area contributed by atoms with Gasteiger partial charge in [0.05, 0.1) is 11.8 Å². The number of amides is 2. The highest BCUT2D eigenvalue weighted by Gasteiger charge is 2.33. The highest BCUT2D eigenvalue weighted by atomic mass is 32.2. The van der Waals surface area contributed by atoms with Gasteiger partial charge in [0.1, 0.15) is 5.37 Å². The zero-order chi connectivity index (χ0) is 21.9. The van der Waals surface area contributed by atoms with E-state index in [9.17, 15) is 9.59 Å². The van der Waals surface area contributed by atoms with E-state index in [2.05, 4.69) is 23.5 Å². The number of benzene rings is 3. The van der Waals surface area contributed by atoms with Gasteiger partial charge in [-0.05, 0) is 53.6 Å². The molecule has 1 fully saturated rings. The van der Waals surface area contributed by atoms with Crippen LogP contribution in [0, 0.1) is 0 Å². The second-order valence-electron chi connectivity index (χ2n) is 8.41. The van der Waals surface area contributed by atoms with Crippen LogP contribution in [-0.4, -0.2) is 22.5 Å². The van der Waals surface area contributed by atoms with Crippen molar-refractivity contribution in [3.05, 3.63) is 107 Å². The van der Waals surface area contributed by atoms with E-state index in [1.165, 1.54) is 11.1 Å². The zero-order valence-electron chi connectivity index (χ0n) is 17.9. The molecule has 5 rings (SSSR count). The number of nitrogens with zero attached hydrogens (tertiary/aromatic N) is 1. The fraction of sp³-hybridized carbons (Fsp3) is 0.259. The Labute approximate surface area is 193 Å². The maximum Gasteiger partial charge on any atom is 0.251 e. The third-order valence-corrected chi connectivity index (χ3v) is 7.55. The van der Waals surface area contributed by atoms with Gasteiger partial charge < -0.3 is 10.2 Å². The fourth-order valence-electron chi connectivity index (χ4n) is 4.63. The fourth-order valence-corrected chi connectivity index (χ4v) is 5.81. The lowest BCUT2D eigenvalue weighted by atomic mass is 9.87. The molecule has 0 bridgehead atoms. The quantitative estimate of drug-likeness (QED) is 0.586. The summed E-state index contributed by atoms with van der Waals surface area (Å²) in [6.45, 7) is 0.598. The molecule has 0 unspecified atom stereocenters. The molecule has 2 amide bonds. The Morgan fingerprint density at radius 3 is 2.53 bits per heavy atom. The van der Waals surface area contributed by atoms with Crippen molar-refractivity contribution < 1.29 is 9.59 Å². The minimum Gasteiger partial charge on any atom is -0.345 e. The molecule has 3 aromatic carbocycles. The molecule has 0 radical (unpaired) electrons. The summed E-state index contributed by atoms with van der Waals surface area (Å²) < 4.78 is 0. The SMILES string of the molecule is O=C(N[C@H]1CCCc2ccccc21)c1ccc([C@H]2SCC(=O)N2Cc2ccccc2)cc1. The summed E-state index contributed by atoms with van der Waals surface area (Å²) in [7, 11) is 0. The molecule has 3 aromatic rings. The molecule has 1 saturated heterocycles. The Hall–Kier alpha value is -3.05. The van der Waals surface area contributed by atoms with E-state index in [1.54, 1.807) is 11.8 Å². The minimum atomic E-state index is -0.0467. The number of carbonyl (C=O) groups excluding carboxylic acids is 2. The summed E-state index contributed by atoms with van der Waals surface area (Å²) in [5, 5.41) is 3.20. The van der Waals surface area contributed by atoms with Crippen LogP contribution in [0.25, 0.3) is 0 Å². The van der Waals surface area contributed by atoms with Gasteiger partial charge in [-0.15, -0.1) is 11.8 Å². The van der Waals surface area contributed by atoms with Gasteiger partial charge in [0.2, 0.25) is 5.91 Å². The molecule has 162 valence electrons. The van der Waals surface area contributed by atoms with Crippen LogP contribution in [0.4, 0.5) is 0 Å². The highest BCUT2D eigenvalue weighted by Crippen LogP contribution is 2.39. The topological polar surface area (TPSA) is 49.4 Å². The smallest absolute Gasteiger partial charge is 0.251 e. The van der Waals surface area contributed by atoms with E-state index in [1.807, 2.05) is 65.6 Å². The van der Waals surface area contributed by atoms with Crippen molar-refractivity contribution in [1.29, 1.82) is 0 Å².